The highest BCUT2D eigenvalue weighted by molar-refractivity contribution is 7.20. The number of amides is 3. The molecule has 8 rings (SSSR count). The molecule has 2 aromatic carbocycles. The lowest BCUT2D eigenvalue weighted by atomic mass is 9.97. The van der Waals surface area contributed by atoms with Crippen molar-refractivity contribution in [2.24, 2.45) is 11.8 Å². The van der Waals surface area contributed by atoms with E-state index >= 15 is 0 Å². The Bertz CT molecular complexity index is 2570. The van der Waals surface area contributed by atoms with Gasteiger partial charge in [0.05, 0.1) is 32.5 Å². The van der Waals surface area contributed by atoms with E-state index in [9.17, 15) is 45.5 Å². The second kappa shape index (κ2) is 23.1. The molecule has 6 N–H and O–H groups in total. The van der Waals surface area contributed by atoms with E-state index in [0.29, 0.717) is 43.1 Å². The number of hydrogen-bond acceptors (Lipinski definition) is 13. The second-order valence-corrected chi connectivity index (χ2v) is 18.8. The highest BCUT2D eigenvalue weighted by atomic mass is 32.1. The number of aromatic carboxylic acids is 1. The quantitative estimate of drug-likeness (QED) is 0.0619. The molecule has 0 aliphatic carbocycles. The highest BCUT2D eigenvalue weighted by Gasteiger charge is 2.40. The Morgan fingerprint density at radius 1 is 0.657 bits per heavy atom. The van der Waals surface area contributed by atoms with Gasteiger partial charge in [0.2, 0.25) is 0 Å². The number of nitrogens with zero attached hydrogens (tertiary/aromatic N) is 4. The number of alkyl halides is 6. The number of nitrogens with two attached hydrogens (primary N) is 1. The Kier molecular flexibility index (Phi) is 17.4. The van der Waals surface area contributed by atoms with Crippen molar-refractivity contribution < 1.29 is 50.6 Å². The summed E-state index contributed by atoms with van der Waals surface area (Å²) in [6.45, 7) is 2.57. The minimum atomic E-state index is -4.88. The van der Waals surface area contributed by atoms with E-state index in [1.165, 1.54) is 22.7 Å². The molecule has 4 aromatic heterocycles. The number of nitrogens with one attached hydrogen (secondary N) is 3. The van der Waals surface area contributed by atoms with Crippen LogP contribution < -0.4 is 31.5 Å². The number of halogens is 6. The number of aromatic nitrogens is 2. The number of carbonyl (C=O) groups is 4. The zero-order valence-corrected chi connectivity index (χ0v) is 38.6. The molecule has 0 bridgehead atoms. The van der Waals surface area contributed by atoms with Gasteiger partial charge < -0.3 is 36.6 Å². The molecular formula is C44H44F6N8O5S4. The third-order valence-corrected chi connectivity index (χ3v) is 14.1. The number of anilines is 4. The van der Waals surface area contributed by atoms with E-state index in [-0.39, 0.29) is 36.5 Å². The van der Waals surface area contributed by atoms with Crippen molar-refractivity contribution in [3.63, 3.8) is 0 Å². The third kappa shape index (κ3) is 14.5. The van der Waals surface area contributed by atoms with Gasteiger partial charge in [-0.05, 0) is 84.7 Å². The summed E-state index contributed by atoms with van der Waals surface area (Å²) < 4.78 is 73.9. The maximum atomic E-state index is 12.8. The number of carbonyl (C=O) groups excluding carboxylic acids is 3. The fraction of sp³-hybridized carbons (Fsp3) is 0.318. The Labute approximate surface area is 396 Å². The summed E-state index contributed by atoms with van der Waals surface area (Å²) >= 11 is 5.87. The Morgan fingerprint density at radius 2 is 1.13 bits per heavy atom. The predicted molar refractivity (Wildman–Crippen MR) is 251 cm³/mol. The van der Waals surface area contributed by atoms with Crippen molar-refractivity contribution in [2.75, 3.05) is 60.1 Å². The van der Waals surface area contributed by atoms with Crippen LogP contribution in [0.25, 0.3) is 19.8 Å². The van der Waals surface area contributed by atoms with Gasteiger partial charge in [0.15, 0.2) is 5.69 Å². The zero-order chi connectivity index (χ0) is 48.1. The van der Waals surface area contributed by atoms with E-state index in [1.54, 1.807) is 45.6 Å². The third-order valence-electron chi connectivity index (χ3n) is 10.3. The number of nitrogen functional groups attached to an aromatic ring is 1. The normalized spacial score (nSPS) is 16.1. The molecule has 67 heavy (non-hydrogen) atoms. The van der Waals surface area contributed by atoms with Gasteiger partial charge in [-0.15, -0.1) is 45.3 Å². The maximum absolute atomic E-state index is 12.8. The number of benzene rings is 2. The largest absolute Gasteiger partial charge is 0.476 e. The first kappa shape index (κ1) is 50.4. The Hall–Kier alpha value is -6.04. The number of piperidine rings is 2. The van der Waals surface area contributed by atoms with Crippen molar-refractivity contribution in [3.8, 4) is 19.8 Å². The number of thiophene rings is 2. The molecular weight excluding hydrogens is 963 g/mol. The van der Waals surface area contributed by atoms with Gasteiger partial charge in [0.1, 0.15) is 15.7 Å². The van der Waals surface area contributed by atoms with E-state index in [2.05, 4.69) is 20.2 Å². The summed E-state index contributed by atoms with van der Waals surface area (Å²) in [4.78, 5) is 59.9. The molecule has 356 valence electrons. The van der Waals surface area contributed by atoms with Gasteiger partial charge in [-0.3, -0.25) is 14.4 Å². The van der Waals surface area contributed by atoms with Crippen LogP contribution in [0.3, 0.4) is 0 Å². The average molecular weight is 1010 g/mol. The smallest absolute Gasteiger partial charge is 0.471 e. The fourth-order valence-electron chi connectivity index (χ4n) is 7.17. The van der Waals surface area contributed by atoms with Crippen LogP contribution in [0.4, 0.5) is 49.1 Å². The number of para-hydroxylation sites is 4. The van der Waals surface area contributed by atoms with Gasteiger partial charge in [-0.25, -0.2) is 14.8 Å². The molecule has 3 amide bonds. The van der Waals surface area contributed by atoms with E-state index in [0.717, 1.165) is 57.0 Å². The molecule has 6 heterocycles. The van der Waals surface area contributed by atoms with Crippen LogP contribution in [0, 0.1) is 11.8 Å². The molecule has 2 aliphatic heterocycles. The summed E-state index contributed by atoms with van der Waals surface area (Å²) in [6, 6.07) is 22.4. The van der Waals surface area contributed by atoms with Crippen molar-refractivity contribution in [2.45, 2.75) is 38.0 Å². The van der Waals surface area contributed by atoms with E-state index in [4.69, 9.17) is 10.8 Å². The first-order valence-corrected chi connectivity index (χ1v) is 24.1. The predicted octanol–water partition coefficient (Wildman–Crippen LogP) is 9.75. The Balaban J connectivity index is 0.000000185. The SMILES string of the molecule is Nc1ccccc1N1CCC[C@H](CNC(=O)C(F)(F)F)C1.O=C(Nc1ccccc1N1CCC[C@H](CNC(=O)C(F)(F)F)C1)c1csc(-c2cccs2)n1.O=C(O)c1csc(-c2cccs2)n1. The topological polar surface area (TPSA) is 183 Å². The molecule has 2 fully saturated rings. The minimum absolute atomic E-state index is 0.00958. The van der Waals surface area contributed by atoms with Gasteiger partial charge in [-0.2, -0.15) is 26.3 Å². The average Bonchev–Trinajstić information content (AvgIpc) is 4.16. The highest BCUT2D eigenvalue weighted by Crippen LogP contribution is 2.33. The molecule has 2 saturated heterocycles. The summed E-state index contributed by atoms with van der Waals surface area (Å²) in [5.41, 5.74) is 9.29. The molecule has 13 nitrogen and oxygen atoms in total. The van der Waals surface area contributed by atoms with E-state index < -0.39 is 30.1 Å². The minimum Gasteiger partial charge on any atom is -0.476 e. The second-order valence-electron chi connectivity index (χ2n) is 15.2. The Morgan fingerprint density at radius 3 is 1.61 bits per heavy atom. The molecule has 0 saturated carbocycles. The number of carboxylic acids is 1. The van der Waals surface area contributed by atoms with Crippen LogP contribution in [-0.4, -0.2) is 90.4 Å². The standard InChI is InChI=1S/C22H21F3N4O2S2.C14H18F3N3O.C8H5NO2S2/c23-22(24,25)21(31)26-11-14-5-3-9-29(12-14)17-7-2-1-6-15(17)27-19(30)16-13-33-20(28-16)18-8-4-10-32-18;15-14(16,17)13(21)19-8-10-4-3-7-20(9-10)12-6-2-1-5-11(12)18;10-8(11)5-4-13-7(9-5)6-2-1-3-12-6/h1-2,4,6-8,10,13-14H,3,5,9,11-12H2,(H,26,31)(H,27,30);1-2,5-6,10H,3-4,7-9,18H2,(H,19,21);1-4H,(H,10,11)/t14-;10-;/m11./s1. The van der Waals surface area contributed by atoms with E-state index in [1.807, 2.05) is 87.0 Å². The first-order valence-electron chi connectivity index (χ1n) is 20.6. The van der Waals surface area contributed by atoms with Crippen LogP contribution in [-0.2, 0) is 9.59 Å². The van der Waals surface area contributed by atoms with Gasteiger partial charge in [-0.1, -0.05) is 36.4 Å². The number of thiazole rings is 2. The molecule has 2 aliphatic rings. The van der Waals surface area contributed by atoms with Crippen molar-refractivity contribution in [1.82, 2.24) is 20.6 Å². The molecule has 0 unspecified atom stereocenters. The maximum Gasteiger partial charge on any atom is 0.471 e. The summed E-state index contributed by atoms with van der Waals surface area (Å²) in [7, 11) is 0. The summed E-state index contributed by atoms with van der Waals surface area (Å²) in [5.74, 6) is -5.23. The molecule has 2 atom stereocenters. The van der Waals surface area contributed by atoms with Crippen LogP contribution in [0.15, 0.2) is 94.3 Å². The van der Waals surface area contributed by atoms with Crippen molar-refractivity contribution >= 4 is 91.8 Å². The van der Waals surface area contributed by atoms with Crippen molar-refractivity contribution in [1.29, 1.82) is 0 Å². The lowest BCUT2D eigenvalue weighted by Crippen LogP contribution is -2.44. The van der Waals surface area contributed by atoms with Crippen LogP contribution >= 0.6 is 45.3 Å². The number of rotatable bonds is 11. The molecule has 0 radical (unpaired) electrons. The van der Waals surface area contributed by atoms with Crippen LogP contribution in [0.2, 0.25) is 0 Å². The monoisotopic (exact) mass is 1010 g/mol. The number of hydrogen-bond donors (Lipinski definition) is 5. The molecule has 6 aromatic rings. The fourth-order valence-corrected chi connectivity index (χ4v) is 10.4. The van der Waals surface area contributed by atoms with Crippen LogP contribution in [0.5, 0.6) is 0 Å². The summed E-state index contributed by atoms with van der Waals surface area (Å²) in [6.07, 6.45) is -6.57. The molecule has 0 spiro atoms. The lowest BCUT2D eigenvalue weighted by Gasteiger charge is -2.35. The first-order chi connectivity index (χ1) is 32.0. The van der Waals surface area contributed by atoms with Crippen molar-refractivity contribution in [3.05, 3.63) is 106 Å². The summed E-state index contributed by atoms with van der Waals surface area (Å²) in [5, 5.41) is 24.2. The van der Waals surface area contributed by atoms with Gasteiger partial charge in [0.25, 0.3) is 5.91 Å². The zero-order valence-electron chi connectivity index (χ0n) is 35.3. The lowest BCUT2D eigenvalue weighted by molar-refractivity contribution is -0.173. The van der Waals surface area contributed by atoms with Crippen LogP contribution in [0.1, 0.15) is 46.7 Å². The molecule has 23 heteroatoms. The number of carboxylic acid groups (broad SMARTS) is 1. The van der Waals surface area contributed by atoms with Gasteiger partial charge in [0, 0.05) is 50.0 Å². The van der Waals surface area contributed by atoms with Gasteiger partial charge >= 0.3 is 30.1 Å².